The first-order chi connectivity index (χ1) is 13.6. The largest absolute Gasteiger partial charge is 0.341 e. The summed E-state index contributed by atoms with van der Waals surface area (Å²) in [6.07, 6.45) is 6.72. The molecule has 0 aliphatic carbocycles. The van der Waals surface area contributed by atoms with Gasteiger partial charge in [-0.3, -0.25) is 19.1 Å². The lowest BCUT2D eigenvalue weighted by molar-refractivity contribution is -0.134. The minimum Gasteiger partial charge on any atom is -0.341 e. The van der Waals surface area contributed by atoms with Crippen molar-refractivity contribution in [1.29, 1.82) is 0 Å². The highest BCUT2D eigenvalue weighted by Gasteiger charge is 2.31. The summed E-state index contributed by atoms with van der Waals surface area (Å²) in [7, 11) is 1.73. The van der Waals surface area contributed by atoms with E-state index in [1.54, 1.807) is 24.0 Å². The van der Waals surface area contributed by atoms with E-state index in [-0.39, 0.29) is 17.5 Å². The van der Waals surface area contributed by atoms with Crippen LogP contribution >= 0.6 is 0 Å². The maximum absolute atomic E-state index is 12.9. The molecule has 1 N–H and O–H groups in total. The zero-order chi connectivity index (χ0) is 19.5. The van der Waals surface area contributed by atoms with E-state index < -0.39 is 0 Å². The van der Waals surface area contributed by atoms with Gasteiger partial charge in [-0.05, 0) is 31.4 Å². The molecule has 8 heteroatoms. The number of nitrogens with zero attached hydrogens (tertiary/aromatic N) is 5. The first-order valence-corrected chi connectivity index (χ1v) is 9.89. The number of anilines is 1. The lowest BCUT2D eigenvalue weighted by Crippen LogP contribution is -2.59. The summed E-state index contributed by atoms with van der Waals surface area (Å²) in [5.74, 6) is 0.747. The van der Waals surface area contributed by atoms with Crippen LogP contribution in [0.1, 0.15) is 19.3 Å². The average Bonchev–Trinajstić information content (AvgIpc) is 2.76. The van der Waals surface area contributed by atoms with Gasteiger partial charge in [0.05, 0.1) is 5.69 Å². The second kappa shape index (κ2) is 8.10. The molecule has 2 aromatic rings. The summed E-state index contributed by atoms with van der Waals surface area (Å²) in [6.45, 7) is 3.56. The topological polar surface area (TPSA) is 83.4 Å². The summed E-state index contributed by atoms with van der Waals surface area (Å²) in [6, 6.07) is 4.95. The fourth-order valence-corrected chi connectivity index (χ4v) is 3.91. The average molecular weight is 382 g/mol. The molecule has 0 spiro atoms. The van der Waals surface area contributed by atoms with Gasteiger partial charge in [-0.25, -0.2) is 4.98 Å². The van der Waals surface area contributed by atoms with E-state index in [2.05, 4.69) is 10.3 Å². The third-order valence-electron chi connectivity index (χ3n) is 5.51. The Kier molecular flexibility index (Phi) is 5.38. The van der Waals surface area contributed by atoms with Gasteiger partial charge >= 0.3 is 0 Å². The molecule has 2 aliphatic rings. The maximum Gasteiger partial charge on any atom is 0.255 e. The molecule has 28 heavy (non-hydrogen) atoms. The highest BCUT2D eigenvalue weighted by molar-refractivity contribution is 5.83. The molecule has 0 radical (unpaired) electrons. The Morgan fingerprint density at radius 1 is 1.14 bits per heavy atom. The van der Waals surface area contributed by atoms with Gasteiger partial charge in [0.15, 0.2) is 0 Å². The highest BCUT2D eigenvalue weighted by atomic mass is 16.2. The SMILES string of the molecule is Cn1c(N2CCNC(C(=O)N3CCCCC3)C2)nc(-c2ccncc2)cc1=O. The summed E-state index contributed by atoms with van der Waals surface area (Å²) in [5.41, 5.74) is 1.36. The Morgan fingerprint density at radius 3 is 2.64 bits per heavy atom. The van der Waals surface area contributed by atoms with Crippen molar-refractivity contribution < 1.29 is 4.79 Å². The van der Waals surface area contributed by atoms with Gasteiger partial charge in [0.1, 0.15) is 6.04 Å². The van der Waals surface area contributed by atoms with Crippen LogP contribution in [0.15, 0.2) is 35.4 Å². The van der Waals surface area contributed by atoms with E-state index >= 15 is 0 Å². The standard InChI is InChI=1S/C20H26N6O2/c1-24-18(27)13-16(15-5-7-21-8-6-15)23-20(24)26-12-9-22-17(14-26)19(28)25-10-3-2-4-11-25/h5-8,13,17,22H,2-4,9-12,14H2,1H3. The molecule has 2 fully saturated rings. The molecule has 2 aromatic heterocycles. The zero-order valence-corrected chi connectivity index (χ0v) is 16.2. The molecular weight excluding hydrogens is 356 g/mol. The summed E-state index contributed by atoms with van der Waals surface area (Å²) >= 11 is 0. The molecule has 4 heterocycles. The molecule has 1 unspecified atom stereocenters. The van der Waals surface area contributed by atoms with Crippen molar-refractivity contribution in [3.63, 3.8) is 0 Å². The molecule has 0 aromatic carbocycles. The summed E-state index contributed by atoms with van der Waals surface area (Å²) in [5, 5.41) is 3.34. The third kappa shape index (κ3) is 3.77. The normalized spacial score (nSPS) is 20.2. The molecule has 1 amide bonds. The molecule has 1 atom stereocenters. The maximum atomic E-state index is 12.9. The first kappa shape index (κ1) is 18.6. The van der Waals surface area contributed by atoms with Crippen molar-refractivity contribution in [3.8, 4) is 11.3 Å². The van der Waals surface area contributed by atoms with Gasteiger partial charge in [0.2, 0.25) is 11.9 Å². The van der Waals surface area contributed by atoms with E-state index in [0.717, 1.165) is 31.5 Å². The van der Waals surface area contributed by atoms with Crippen LogP contribution in [0.4, 0.5) is 5.95 Å². The number of rotatable bonds is 3. The third-order valence-corrected chi connectivity index (χ3v) is 5.51. The minimum absolute atomic E-state index is 0.116. The predicted molar refractivity (Wildman–Crippen MR) is 107 cm³/mol. The number of hydrogen-bond acceptors (Lipinski definition) is 6. The first-order valence-electron chi connectivity index (χ1n) is 9.89. The Hall–Kier alpha value is -2.74. The highest BCUT2D eigenvalue weighted by Crippen LogP contribution is 2.19. The molecule has 8 nitrogen and oxygen atoms in total. The van der Waals surface area contributed by atoms with Crippen LogP contribution in [0.5, 0.6) is 0 Å². The fraction of sp³-hybridized carbons (Fsp3) is 0.500. The van der Waals surface area contributed by atoms with E-state index in [4.69, 9.17) is 4.98 Å². The molecule has 4 rings (SSSR count). The van der Waals surface area contributed by atoms with E-state index in [1.807, 2.05) is 21.9 Å². The number of aromatic nitrogens is 3. The van der Waals surface area contributed by atoms with Crippen molar-refractivity contribution in [2.24, 2.45) is 7.05 Å². The minimum atomic E-state index is -0.270. The van der Waals surface area contributed by atoms with Crippen LogP contribution in [0.2, 0.25) is 0 Å². The summed E-state index contributed by atoms with van der Waals surface area (Å²) in [4.78, 5) is 38.2. The van der Waals surface area contributed by atoms with Crippen LogP contribution in [0, 0.1) is 0 Å². The Bertz CT molecular complexity index is 891. The number of likely N-dealkylation sites (tertiary alicyclic amines) is 1. The van der Waals surface area contributed by atoms with Gasteiger partial charge in [-0.2, -0.15) is 0 Å². The second-order valence-electron chi connectivity index (χ2n) is 7.41. The number of piperazine rings is 1. The quantitative estimate of drug-likeness (QED) is 0.839. The molecular formula is C20H26N6O2. The van der Waals surface area contributed by atoms with Gasteiger partial charge in [0.25, 0.3) is 5.56 Å². The van der Waals surface area contributed by atoms with Gasteiger partial charge < -0.3 is 15.1 Å². The lowest BCUT2D eigenvalue weighted by atomic mass is 10.1. The number of carbonyl (C=O) groups excluding carboxylic acids is 1. The molecule has 148 valence electrons. The van der Waals surface area contributed by atoms with Gasteiger partial charge in [-0.15, -0.1) is 0 Å². The number of amides is 1. The van der Waals surface area contributed by atoms with Crippen LogP contribution < -0.4 is 15.8 Å². The molecule has 0 saturated carbocycles. The van der Waals surface area contributed by atoms with Crippen molar-refractivity contribution in [2.45, 2.75) is 25.3 Å². The smallest absolute Gasteiger partial charge is 0.255 e. The van der Waals surface area contributed by atoms with E-state index in [1.165, 1.54) is 12.5 Å². The van der Waals surface area contributed by atoms with Crippen LogP contribution in [0.25, 0.3) is 11.3 Å². The number of nitrogens with one attached hydrogen (secondary N) is 1. The monoisotopic (exact) mass is 382 g/mol. The van der Waals surface area contributed by atoms with Crippen molar-refractivity contribution in [3.05, 3.63) is 40.9 Å². The second-order valence-corrected chi connectivity index (χ2v) is 7.41. The summed E-state index contributed by atoms with van der Waals surface area (Å²) < 4.78 is 1.55. The van der Waals surface area contributed by atoms with Crippen LogP contribution in [-0.4, -0.2) is 64.1 Å². The Morgan fingerprint density at radius 2 is 1.89 bits per heavy atom. The van der Waals surface area contributed by atoms with E-state index in [9.17, 15) is 9.59 Å². The number of hydrogen-bond donors (Lipinski definition) is 1. The Labute approximate surface area is 164 Å². The number of pyridine rings is 1. The van der Waals surface area contributed by atoms with Gasteiger partial charge in [0, 0.05) is 63.8 Å². The van der Waals surface area contributed by atoms with Crippen LogP contribution in [0.3, 0.4) is 0 Å². The van der Waals surface area contributed by atoms with Crippen molar-refractivity contribution >= 4 is 11.9 Å². The predicted octanol–water partition coefficient (Wildman–Crippen LogP) is 0.633. The molecule has 2 aliphatic heterocycles. The lowest BCUT2D eigenvalue weighted by Gasteiger charge is -2.37. The number of carbonyl (C=O) groups is 1. The van der Waals surface area contributed by atoms with Crippen molar-refractivity contribution in [1.82, 2.24) is 24.8 Å². The Balaban J connectivity index is 1.58. The molecule has 2 saturated heterocycles. The van der Waals surface area contributed by atoms with Gasteiger partial charge in [-0.1, -0.05) is 0 Å². The molecule has 0 bridgehead atoms. The van der Waals surface area contributed by atoms with Crippen LogP contribution in [-0.2, 0) is 11.8 Å². The van der Waals surface area contributed by atoms with E-state index in [0.29, 0.717) is 31.3 Å². The fourth-order valence-electron chi connectivity index (χ4n) is 3.91. The number of piperidine rings is 1. The van der Waals surface area contributed by atoms with Crippen molar-refractivity contribution in [2.75, 3.05) is 37.6 Å². The zero-order valence-electron chi connectivity index (χ0n) is 16.2.